The summed E-state index contributed by atoms with van der Waals surface area (Å²) in [5.41, 5.74) is 0. The first-order valence-electron chi connectivity index (χ1n) is 8.41. The van der Waals surface area contributed by atoms with Gasteiger partial charge in [-0.05, 0) is 31.1 Å². The summed E-state index contributed by atoms with van der Waals surface area (Å²) in [7, 11) is 2.02. The average Bonchev–Trinajstić information content (AvgIpc) is 2.45. The predicted molar refractivity (Wildman–Crippen MR) is 80.0 cm³/mol. The lowest BCUT2D eigenvalue weighted by Crippen LogP contribution is -2.36. The standard InChI is InChI=1S/C17H31NO/c1-14-7-6-10-16(13-14)17(19)18(2)12-11-15-8-4-3-5-9-15/h14-16H,3-13H2,1-2H3. The van der Waals surface area contributed by atoms with E-state index in [4.69, 9.17) is 0 Å². The molecular weight excluding hydrogens is 234 g/mol. The largest absolute Gasteiger partial charge is 0.346 e. The van der Waals surface area contributed by atoms with Crippen molar-refractivity contribution in [2.45, 2.75) is 71.1 Å². The fourth-order valence-electron chi connectivity index (χ4n) is 3.93. The van der Waals surface area contributed by atoms with E-state index in [0.29, 0.717) is 11.8 Å². The van der Waals surface area contributed by atoms with E-state index in [9.17, 15) is 4.79 Å². The van der Waals surface area contributed by atoms with Gasteiger partial charge in [0.05, 0.1) is 0 Å². The third-order valence-corrected chi connectivity index (χ3v) is 5.26. The molecule has 0 bridgehead atoms. The fourth-order valence-corrected chi connectivity index (χ4v) is 3.93. The molecule has 0 aromatic heterocycles. The number of amides is 1. The second-order valence-corrected chi connectivity index (χ2v) is 7.02. The lowest BCUT2D eigenvalue weighted by atomic mass is 9.81. The lowest BCUT2D eigenvalue weighted by molar-refractivity contribution is -0.135. The monoisotopic (exact) mass is 265 g/mol. The van der Waals surface area contributed by atoms with Crippen LogP contribution >= 0.6 is 0 Å². The number of carbonyl (C=O) groups excluding carboxylic acids is 1. The van der Waals surface area contributed by atoms with Gasteiger partial charge in [-0.15, -0.1) is 0 Å². The third kappa shape index (κ3) is 4.50. The normalized spacial score (nSPS) is 29.2. The lowest BCUT2D eigenvalue weighted by Gasteiger charge is -2.30. The van der Waals surface area contributed by atoms with Crippen LogP contribution in [0.4, 0.5) is 0 Å². The van der Waals surface area contributed by atoms with Gasteiger partial charge in [0.25, 0.3) is 0 Å². The van der Waals surface area contributed by atoms with Gasteiger partial charge in [-0.3, -0.25) is 4.79 Å². The Hall–Kier alpha value is -0.530. The smallest absolute Gasteiger partial charge is 0.225 e. The van der Waals surface area contributed by atoms with E-state index < -0.39 is 0 Å². The summed E-state index contributed by atoms with van der Waals surface area (Å²) in [5.74, 6) is 2.37. The maximum absolute atomic E-state index is 12.4. The highest BCUT2D eigenvalue weighted by Gasteiger charge is 2.27. The first kappa shape index (κ1) is 14.9. The van der Waals surface area contributed by atoms with Crippen LogP contribution in [0.15, 0.2) is 0 Å². The highest BCUT2D eigenvalue weighted by Crippen LogP contribution is 2.30. The predicted octanol–water partition coefficient (Wildman–Crippen LogP) is 4.24. The van der Waals surface area contributed by atoms with E-state index in [-0.39, 0.29) is 0 Å². The van der Waals surface area contributed by atoms with Crippen LogP contribution in [-0.4, -0.2) is 24.4 Å². The van der Waals surface area contributed by atoms with Crippen molar-refractivity contribution < 1.29 is 4.79 Å². The second-order valence-electron chi connectivity index (χ2n) is 7.02. The van der Waals surface area contributed by atoms with Gasteiger partial charge in [0.15, 0.2) is 0 Å². The zero-order valence-corrected chi connectivity index (χ0v) is 12.9. The van der Waals surface area contributed by atoms with Crippen molar-refractivity contribution in [2.75, 3.05) is 13.6 Å². The molecule has 2 saturated carbocycles. The molecule has 2 aliphatic rings. The Balaban J connectivity index is 1.72. The van der Waals surface area contributed by atoms with Crippen molar-refractivity contribution >= 4 is 5.91 Å². The highest BCUT2D eigenvalue weighted by molar-refractivity contribution is 5.78. The van der Waals surface area contributed by atoms with Crippen LogP contribution in [0.5, 0.6) is 0 Å². The molecule has 0 radical (unpaired) electrons. The maximum Gasteiger partial charge on any atom is 0.225 e. The average molecular weight is 265 g/mol. The van der Waals surface area contributed by atoms with Crippen molar-refractivity contribution in [1.29, 1.82) is 0 Å². The molecular formula is C17H31NO. The summed E-state index contributed by atoms with van der Waals surface area (Å²) in [6.45, 7) is 3.27. The molecule has 0 heterocycles. The van der Waals surface area contributed by atoms with E-state index in [1.165, 1.54) is 51.4 Å². The fraction of sp³-hybridized carbons (Fsp3) is 0.941. The first-order chi connectivity index (χ1) is 9.16. The molecule has 0 saturated heterocycles. The number of hydrogen-bond donors (Lipinski definition) is 0. The SMILES string of the molecule is CC1CCCC(C(=O)N(C)CCC2CCCCC2)C1. The Kier molecular flexibility index (Phi) is 5.72. The van der Waals surface area contributed by atoms with Gasteiger partial charge in [-0.2, -0.15) is 0 Å². The highest BCUT2D eigenvalue weighted by atomic mass is 16.2. The summed E-state index contributed by atoms with van der Waals surface area (Å²) in [5, 5.41) is 0. The van der Waals surface area contributed by atoms with Gasteiger partial charge in [-0.1, -0.05) is 51.9 Å². The zero-order valence-electron chi connectivity index (χ0n) is 12.9. The van der Waals surface area contributed by atoms with Crippen LogP contribution in [0, 0.1) is 17.8 Å². The molecule has 1 amide bonds. The third-order valence-electron chi connectivity index (χ3n) is 5.26. The second kappa shape index (κ2) is 7.31. The van der Waals surface area contributed by atoms with Crippen LogP contribution in [0.1, 0.15) is 71.1 Å². The maximum atomic E-state index is 12.4. The topological polar surface area (TPSA) is 20.3 Å². The minimum absolute atomic E-state index is 0.320. The Morgan fingerprint density at radius 2 is 1.79 bits per heavy atom. The first-order valence-corrected chi connectivity index (χ1v) is 8.41. The van der Waals surface area contributed by atoms with Crippen molar-refractivity contribution in [1.82, 2.24) is 4.90 Å². The molecule has 2 unspecified atom stereocenters. The summed E-state index contributed by atoms with van der Waals surface area (Å²) < 4.78 is 0. The molecule has 2 fully saturated rings. The number of carbonyl (C=O) groups is 1. The van der Waals surface area contributed by atoms with E-state index in [1.54, 1.807) is 0 Å². The van der Waals surface area contributed by atoms with Crippen molar-refractivity contribution in [3.63, 3.8) is 0 Å². The van der Waals surface area contributed by atoms with Crippen LogP contribution in [0.25, 0.3) is 0 Å². The summed E-state index contributed by atoms with van der Waals surface area (Å²) in [4.78, 5) is 14.5. The Morgan fingerprint density at radius 3 is 2.47 bits per heavy atom. The summed E-state index contributed by atoms with van der Waals surface area (Å²) in [6, 6.07) is 0. The quantitative estimate of drug-likeness (QED) is 0.744. The molecule has 0 aromatic rings. The molecule has 0 spiro atoms. The van der Waals surface area contributed by atoms with Crippen molar-refractivity contribution in [3.8, 4) is 0 Å². The molecule has 2 nitrogen and oxygen atoms in total. The van der Waals surface area contributed by atoms with Gasteiger partial charge in [0, 0.05) is 19.5 Å². The molecule has 2 aliphatic carbocycles. The zero-order chi connectivity index (χ0) is 13.7. The van der Waals surface area contributed by atoms with E-state index >= 15 is 0 Å². The van der Waals surface area contributed by atoms with Crippen molar-refractivity contribution in [2.24, 2.45) is 17.8 Å². The molecule has 0 aromatic carbocycles. The number of rotatable bonds is 4. The molecule has 0 N–H and O–H groups in total. The minimum atomic E-state index is 0.320. The molecule has 2 rings (SSSR count). The van der Waals surface area contributed by atoms with Gasteiger partial charge in [0.2, 0.25) is 5.91 Å². The molecule has 2 heteroatoms. The van der Waals surface area contributed by atoms with Gasteiger partial charge >= 0.3 is 0 Å². The summed E-state index contributed by atoms with van der Waals surface area (Å²) >= 11 is 0. The Labute approximate surface area is 118 Å². The van der Waals surface area contributed by atoms with Crippen molar-refractivity contribution in [3.05, 3.63) is 0 Å². The van der Waals surface area contributed by atoms with E-state index in [1.807, 2.05) is 11.9 Å². The van der Waals surface area contributed by atoms with Crippen LogP contribution in [-0.2, 0) is 4.79 Å². The Morgan fingerprint density at radius 1 is 1.05 bits per heavy atom. The Bertz CT molecular complexity index is 283. The molecule has 110 valence electrons. The molecule has 0 aliphatic heterocycles. The van der Waals surface area contributed by atoms with Gasteiger partial charge in [-0.25, -0.2) is 0 Å². The van der Waals surface area contributed by atoms with Crippen LogP contribution in [0.2, 0.25) is 0 Å². The van der Waals surface area contributed by atoms with E-state index in [2.05, 4.69) is 6.92 Å². The number of hydrogen-bond acceptors (Lipinski definition) is 1. The molecule has 2 atom stereocenters. The minimum Gasteiger partial charge on any atom is -0.346 e. The van der Waals surface area contributed by atoms with E-state index in [0.717, 1.165) is 31.2 Å². The summed E-state index contributed by atoms with van der Waals surface area (Å²) in [6.07, 6.45) is 13.0. The van der Waals surface area contributed by atoms with Crippen LogP contribution in [0.3, 0.4) is 0 Å². The van der Waals surface area contributed by atoms with Gasteiger partial charge < -0.3 is 4.90 Å². The van der Waals surface area contributed by atoms with Gasteiger partial charge in [0.1, 0.15) is 0 Å². The number of nitrogens with zero attached hydrogens (tertiary/aromatic N) is 1. The molecule has 19 heavy (non-hydrogen) atoms. The van der Waals surface area contributed by atoms with Crippen LogP contribution < -0.4 is 0 Å².